The van der Waals surface area contributed by atoms with Crippen LogP contribution in [0.1, 0.15) is 188 Å². The monoisotopic (exact) mass is 1310 g/mol. The minimum absolute atomic E-state index is 0.0211. The van der Waals surface area contributed by atoms with Gasteiger partial charge in [-0.2, -0.15) is 35.1 Å². The summed E-state index contributed by atoms with van der Waals surface area (Å²) in [6.45, 7) is 27.7. The molecular weight excluding hydrogens is 1200 g/mol. The van der Waals surface area contributed by atoms with Gasteiger partial charge in [0.2, 0.25) is 0 Å². The number of nitrogens with one attached hydrogen (secondary N) is 6. The van der Waals surface area contributed by atoms with Crippen LogP contribution in [-0.4, -0.2) is 144 Å². The number of nitrogens with zero attached hydrogens (tertiary/aromatic N) is 5. The fourth-order valence-electron chi connectivity index (χ4n) is 15.1. The predicted octanol–water partition coefficient (Wildman–Crippen LogP) is 14.6. The summed E-state index contributed by atoms with van der Waals surface area (Å²) in [6.07, 6.45) is 9.95. The number of benzene rings is 2. The van der Waals surface area contributed by atoms with Crippen molar-refractivity contribution in [2.75, 3.05) is 52.9 Å². The van der Waals surface area contributed by atoms with Crippen LogP contribution >= 0.6 is 0 Å². The lowest BCUT2D eigenvalue weighted by atomic mass is 9.71. The van der Waals surface area contributed by atoms with E-state index in [1.165, 1.54) is 50.4 Å². The summed E-state index contributed by atoms with van der Waals surface area (Å²) in [5.41, 5.74) is -0.266. The Balaban J connectivity index is 1.22. The van der Waals surface area contributed by atoms with E-state index in [-0.39, 0.29) is 85.6 Å². The number of alkyl halides is 8. The second-order valence-electron chi connectivity index (χ2n) is 28.4. The van der Waals surface area contributed by atoms with Crippen molar-refractivity contribution in [2.24, 2.45) is 28.7 Å². The molecule has 11 atom stereocenters. The van der Waals surface area contributed by atoms with Crippen molar-refractivity contribution < 1.29 is 43.9 Å². The highest BCUT2D eigenvalue weighted by atomic mass is 19.4. The maximum absolute atomic E-state index is 16.0. The molecule has 2 aromatic carbocycles. The van der Waals surface area contributed by atoms with Gasteiger partial charge in [0.15, 0.2) is 0 Å². The standard InChI is InChI=1S/C71H111F10N11/c1-13-47(5)64-40-85-63(36-46(3)4)50(8)84-41-65-48(6)52(10)92(65)67(56-20-16-15-17-21-56)51(9)88-68(30-19-31-68)44-82-45-69(74,75)86-32-29-58(28-25-55-38-61(72)66(62(73)39-55)71(79,80)81)83-33-35-89(12)42-60(37-54-23-26-57(27-24-54)70(76,77)78)90(14-2)43-59-22-18-34-91(59)53(11)49(7)87-64/h23-24,26-27,33,35,38-39,42-43,46-53,56,63-65,67,82,84-88H,13-22,25,28-32,34,36-37,40-41,44-45H2,1-12H3/t47-,48+,49?,50?,51?,52?,53-,63-,64+,65?,67+/m0/s1. The lowest BCUT2D eigenvalue weighted by Gasteiger charge is -2.61. The topological polar surface area (TPSA) is 97.5 Å². The summed E-state index contributed by atoms with van der Waals surface area (Å²) in [6, 6.07) is 4.95. The van der Waals surface area contributed by atoms with Gasteiger partial charge in [0.1, 0.15) is 17.2 Å². The summed E-state index contributed by atoms with van der Waals surface area (Å²) in [5, 5.41) is 21.9. The summed E-state index contributed by atoms with van der Waals surface area (Å²) in [5.74, 6) is -1.64. The first-order valence-electron chi connectivity index (χ1n) is 34.6. The van der Waals surface area contributed by atoms with Crippen molar-refractivity contribution in [3.8, 4) is 0 Å². The van der Waals surface area contributed by atoms with Crippen molar-refractivity contribution >= 4 is 5.71 Å². The average Bonchev–Trinajstić information content (AvgIpc) is 0.816. The van der Waals surface area contributed by atoms with Gasteiger partial charge in [0.05, 0.1) is 12.1 Å². The van der Waals surface area contributed by atoms with Crippen molar-refractivity contribution in [1.29, 1.82) is 0 Å². The van der Waals surface area contributed by atoms with Crippen molar-refractivity contribution in [3.05, 3.63) is 106 Å². The van der Waals surface area contributed by atoms with E-state index in [2.05, 4.69) is 127 Å². The van der Waals surface area contributed by atoms with Crippen LogP contribution in [0.2, 0.25) is 0 Å². The van der Waals surface area contributed by atoms with Crippen LogP contribution in [0.3, 0.4) is 0 Å². The van der Waals surface area contributed by atoms with E-state index in [1.807, 2.05) is 13.1 Å². The highest BCUT2D eigenvalue weighted by Crippen LogP contribution is 2.43. The summed E-state index contributed by atoms with van der Waals surface area (Å²) >= 11 is 0. The number of halogens is 10. The first-order chi connectivity index (χ1) is 43.4. The number of aliphatic imine (C=N–C) groups is 1. The third-order valence-electron chi connectivity index (χ3n) is 21.1. The first-order valence-corrected chi connectivity index (χ1v) is 34.6. The van der Waals surface area contributed by atoms with Gasteiger partial charge in [0.25, 0.3) is 0 Å². The molecule has 5 unspecified atom stereocenters. The molecule has 1 spiro atoms. The van der Waals surface area contributed by atoms with Crippen LogP contribution in [-0.2, 0) is 25.2 Å². The van der Waals surface area contributed by atoms with Gasteiger partial charge in [0, 0.05) is 155 Å². The molecule has 5 aliphatic rings. The maximum Gasteiger partial charge on any atom is 0.422 e. The predicted molar refractivity (Wildman–Crippen MR) is 352 cm³/mol. The second-order valence-corrected chi connectivity index (χ2v) is 28.4. The Kier molecular flexibility index (Phi) is 27.5. The Hall–Kier alpha value is -4.25. The third kappa shape index (κ3) is 20.6. The number of hydrogen-bond acceptors (Lipinski definition) is 11. The van der Waals surface area contributed by atoms with Crippen LogP contribution in [0.15, 0.2) is 77.6 Å². The normalized spacial score (nSPS) is 29.3. The van der Waals surface area contributed by atoms with E-state index in [1.54, 1.807) is 18.1 Å². The van der Waals surface area contributed by atoms with Crippen molar-refractivity contribution in [2.45, 2.75) is 257 Å². The Bertz CT molecular complexity index is 2700. The molecule has 7 rings (SSSR count). The van der Waals surface area contributed by atoms with Gasteiger partial charge < -0.3 is 41.3 Å². The molecule has 21 heteroatoms. The zero-order valence-corrected chi connectivity index (χ0v) is 57.1. The van der Waals surface area contributed by atoms with Crippen LogP contribution < -0.4 is 31.9 Å². The molecule has 2 aliphatic carbocycles. The molecule has 2 saturated heterocycles. The number of fused-ring (bicyclic) bond motifs is 2. The van der Waals surface area contributed by atoms with E-state index >= 15 is 8.78 Å². The SMILES string of the molecule is CC[C@H](C)[C@H]1CN[C@@H](CC(C)C)C(C)NCC2[C@H](C)C(C)N2[C@@H](C2CCCCC2)C(C)NC2(CCC2)CNCC(F)(F)NCCC(CCc2cc(F)c(C(F)(F)F)c(F)c2)=NC=CN(C)C=C(Cc2ccc(C(F)(F)F)cc2)N(CC)C=C2CCCN2[C@@H](C)C(C)N1. The van der Waals surface area contributed by atoms with Gasteiger partial charge >= 0.3 is 18.4 Å². The van der Waals surface area contributed by atoms with E-state index in [0.29, 0.717) is 72.3 Å². The molecule has 92 heavy (non-hydrogen) atoms. The Morgan fingerprint density at radius 1 is 0.739 bits per heavy atom. The Morgan fingerprint density at radius 3 is 2.03 bits per heavy atom. The minimum atomic E-state index is -5.25. The van der Waals surface area contributed by atoms with Crippen LogP contribution in [0.4, 0.5) is 43.9 Å². The van der Waals surface area contributed by atoms with E-state index in [0.717, 1.165) is 88.1 Å². The van der Waals surface area contributed by atoms with Crippen LogP contribution in [0.25, 0.3) is 0 Å². The molecule has 520 valence electrons. The molecule has 4 fully saturated rings. The van der Waals surface area contributed by atoms with Crippen LogP contribution in [0.5, 0.6) is 0 Å². The lowest BCUT2D eigenvalue weighted by Crippen LogP contribution is -2.74. The average molecular weight is 1310 g/mol. The number of hydrogen-bond donors (Lipinski definition) is 6. The van der Waals surface area contributed by atoms with Gasteiger partial charge in [-0.15, -0.1) is 0 Å². The smallest absolute Gasteiger partial charge is 0.369 e. The number of allylic oxidation sites excluding steroid dienone is 2. The van der Waals surface area contributed by atoms with Gasteiger partial charge in [-0.1, -0.05) is 72.4 Å². The first kappa shape index (κ1) is 75.1. The second kappa shape index (κ2) is 33.6. The van der Waals surface area contributed by atoms with Crippen molar-refractivity contribution in [1.82, 2.24) is 51.5 Å². The molecule has 2 saturated carbocycles. The number of rotatable bonds is 11. The lowest BCUT2D eigenvalue weighted by molar-refractivity contribution is -0.142. The fourth-order valence-corrected chi connectivity index (χ4v) is 15.1. The minimum Gasteiger partial charge on any atom is -0.369 e. The van der Waals surface area contributed by atoms with E-state index < -0.39 is 47.7 Å². The Morgan fingerprint density at radius 2 is 1.42 bits per heavy atom. The molecule has 0 amide bonds. The van der Waals surface area contributed by atoms with Crippen molar-refractivity contribution in [3.63, 3.8) is 0 Å². The van der Waals surface area contributed by atoms with Gasteiger partial charge in [-0.3, -0.25) is 15.2 Å². The van der Waals surface area contributed by atoms with E-state index in [9.17, 15) is 35.1 Å². The molecule has 0 aromatic heterocycles. The molecule has 6 N–H and O–H groups in total. The Labute approximate surface area is 544 Å². The summed E-state index contributed by atoms with van der Waals surface area (Å²) < 4.78 is 144. The van der Waals surface area contributed by atoms with E-state index in [4.69, 9.17) is 0 Å². The van der Waals surface area contributed by atoms with Gasteiger partial charge in [-0.25, -0.2) is 8.78 Å². The van der Waals surface area contributed by atoms with Crippen LogP contribution in [0, 0.1) is 35.3 Å². The number of likely N-dealkylation sites (N-methyl/N-ethyl adjacent to an activating group) is 1. The summed E-state index contributed by atoms with van der Waals surface area (Å²) in [4.78, 5) is 13.8. The number of aryl methyl sites for hydroxylation is 1. The zero-order chi connectivity index (χ0) is 67.3. The quantitative estimate of drug-likeness (QED) is 0.0965. The van der Waals surface area contributed by atoms with Gasteiger partial charge in [-0.05, 0) is 171 Å². The molecule has 0 bridgehead atoms. The molecule has 2 aromatic rings. The molecular formula is C71H111F10N11. The highest BCUT2D eigenvalue weighted by molar-refractivity contribution is 5.85. The molecule has 11 nitrogen and oxygen atoms in total. The maximum atomic E-state index is 16.0. The third-order valence-corrected chi connectivity index (χ3v) is 21.1. The fraction of sp³-hybridized carbons (Fsp3) is 0.732. The summed E-state index contributed by atoms with van der Waals surface area (Å²) in [7, 11) is 1.76. The molecule has 0 radical (unpaired) electrons. The largest absolute Gasteiger partial charge is 0.422 e. The highest BCUT2D eigenvalue weighted by Gasteiger charge is 2.51. The molecule has 3 heterocycles. The zero-order valence-electron chi connectivity index (χ0n) is 57.1. The molecule has 3 aliphatic heterocycles.